The van der Waals surface area contributed by atoms with Crippen molar-refractivity contribution in [2.24, 2.45) is 0 Å². The molecule has 0 fully saturated rings. The molecule has 1 N–H and O–H groups in total. The first-order valence-electron chi connectivity index (χ1n) is 8.18. The first-order valence-corrected chi connectivity index (χ1v) is 11.3. The number of rotatable bonds is 11. The minimum atomic E-state index is -1.90. The van der Waals surface area contributed by atoms with Gasteiger partial charge in [-0.3, -0.25) is 0 Å². The maximum atomic E-state index is 11.8. The normalized spacial score (nSPS) is 11.3. The molecule has 0 heterocycles. The lowest BCUT2D eigenvalue weighted by Crippen LogP contribution is -2.31. The largest absolute Gasteiger partial charge is 0.491 e. The van der Waals surface area contributed by atoms with Crippen molar-refractivity contribution in [2.45, 2.75) is 51.7 Å². The number of unbranched alkanes of at least 4 members (excludes halogenated alkanes) is 1. The molecule has 0 aliphatic rings. The number of carbonyl (C=O) groups is 1. The zero-order valence-corrected chi connectivity index (χ0v) is 15.3. The Hall–Kier alpha value is -1.37. The van der Waals surface area contributed by atoms with E-state index in [9.17, 15) is 4.79 Å². The first-order chi connectivity index (χ1) is 11.0. The molecule has 0 saturated carbocycles. The molecule has 0 atom stereocenters. The molecule has 0 radical (unpaired) electrons. The van der Waals surface area contributed by atoms with Gasteiger partial charge in [-0.1, -0.05) is 31.9 Å². The van der Waals surface area contributed by atoms with E-state index in [0.29, 0.717) is 12.2 Å². The van der Waals surface area contributed by atoms with Crippen molar-refractivity contribution in [1.29, 1.82) is 0 Å². The topological polar surface area (TPSA) is 65.0 Å². The van der Waals surface area contributed by atoms with E-state index in [1.165, 1.54) is 0 Å². The second kappa shape index (κ2) is 10.4. The molecular weight excluding hydrogens is 312 g/mol. The molecule has 0 aromatic heterocycles. The van der Waals surface area contributed by atoms with Gasteiger partial charge < -0.3 is 14.7 Å². The van der Waals surface area contributed by atoms with Gasteiger partial charge >= 0.3 is 5.97 Å². The molecule has 1 rings (SSSR count). The third-order valence-electron chi connectivity index (χ3n) is 3.39. The summed E-state index contributed by atoms with van der Waals surface area (Å²) in [5, 5.41) is 8.70. The molecule has 6 heteroatoms. The van der Waals surface area contributed by atoms with Crippen LogP contribution in [0.2, 0.25) is 19.1 Å². The van der Waals surface area contributed by atoms with Gasteiger partial charge in [-0.15, -0.1) is 0 Å². The molecule has 0 saturated heterocycles. The van der Waals surface area contributed by atoms with Crippen LogP contribution in [0.15, 0.2) is 24.3 Å². The molecule has 0 amide bonds. The van der Waals surface area contributed by atoms with Crippen molar-refractivity contribution in [3.05, 3.63) is 29.8 Å². The van der Waals surface area contributed by atoms with Gasteiger partial charge in [0, 0.05) is 0 Å². The van der Waals surface area contributed by atoms with Gasteiger partial charge in [0.2, 0.25) is 8.32 Å². The predicted molar refractivity (Wildman–Crippen MR) is 91.7 cm³/mol. The van der Waals surface area contributed by atoms with Gasteiger partial charge in [-0.2, -0.15) is 0 Å². The molecule has 130 valence electrons. The Bertz CT molecular complexity index is 459. The number of aliphatic hydroxyl groups excluding tert-OH is 1. The van der Waals surface area contributed by atoms with E-state index in [0.717, 1.165) is 24.4 Å². The molecule has 1 aromatic rings. The summed E-state index contributed by atoms with van der Waals surface area (Å²) in [5.41, 5.74) is 1.03. The summed E-state index contributed by atoms with van der Waals surface area (Å²) in [6.07, 6.45) is 3.10. The van der Waals surface area contributed by atoms with Crippen molar-refractivity contribution in [3.8, 4) is 5.75 Å². The SMILES string of the molecule is CCCC[Si](C)(C)OOC(=O)CCc1ccc(OCCO)cc1. The summed E-state index contributed by atoms with van der Waals surface area (Å²) in [6, 6.07) is 8.45. The monoisotopic (exact) mass is 340 g/mol. The quantitative estimate of drug-likeness (QED) is 0.380. The van der Waals surface area contributed by atoms with Crippen LogP contribution in [-0.2, 0) is 20.7 Å². The van der Waals surface area contributed by atoms with Crippen LogP contribution in [0.4, 0.5) is 0 Å². The van der Waals surface area contributed by atoms with Gasteiger partial charge in [0.1, 0.15) is 12.4 Å². The highest BCUT2D eigenvalue weighted by atomic mass is 28.4. The Morgan fingerprint density at radius 3 is 2.52 bits per heavy atom. The van der Waals surface area contributed by atoms with E-state index in [4.69, 9.17) is 19.3 Å². The fourth-order valence-corrected chi connectivity index (χ4v) is 3.61. The smallest absolute Gasteiger partial charge is 0.341 e. The Morgan fingerprint density at radius 1 is 1.22 bits per heavy atom. The Kier molecular flexibility index (Phi) is 8.90. The van der Waals surface area contributed by atoms with E-state index in [1.54, 1.807) is 0 Å². The second-order valence-corrected chi connectivity index (χ2v) is 10.3. The highest BCUT2D eigenvalue weighted by Crippen LogP contribution is 2.17. The third-order valence-corrected chi connectivity index (χ3v) is 5.49. The summed E-state index contributed by atoms with van der Waals surface area (Å²) in [6.45, 7) is 6.52. The first kappa shape index (κ1) is 19.7. The van der Waals surface area contributed by atoms with E-state index in [2.05, 4.69) is 20.0 Å². The summed E-state index contributed by atoms with van der Waals surface area (Å²) in [5.74, 6) is 0.375. The van der Waals surface area contributed by atoms with Crippen molar-refractivity contribution < 1.29 is 24.1 Å². The number of aliphatic hydroxyl groups is 1. The van der Waals surface area contributed by atoms with E-state index < -0.39 is 8.32 Å². The maximum Gasteiger partial charge on any atom is 0.341 e. The summed E-state index contributed by atoms with van der Waals surface area (Å²) in [7, 11) is -1.90. The molecular formula is C17H28O5Si. The second-order valence-electron chi connectivity index (χ2n) is 6.12. The number of ether oxygens (including phenoxy) is 1. The highest BCUT2D eigenvalue weighted by Gasteiger charge is 2.25. The molecule has 0 unspecified atom stereocenters. The molecule has 0 aliphatic carbocycles. The van der Waals surface area contributed by atoms with Crippen molar-refractivity contribution in [1.82, 2.24) is 0 Å². The van der Waals surface area contributed by atoms with E-state index in [-0.39, 0.29) is 25.6 Å². The molecule has 0 bridgehead atoms. The van der Waals surface area contributed by atoms with Crippen LogP contribution in [0.25, 0.3) is 0 Å². The Labute approximate surface area is 139 Å². The van der Waals surface area contributed by atoms with Crippen LogP contribution in [0.1, 0.15) is 31.7 Å². The van der Waals surface area contributed by atoms with Crippen LogP contribution >= 0.6 is 0 Å². The summed E-state index contributed by atoms with van der Waals surface area (Å²) in [4.78, 5) is 16.7. The Morgan fingerprint density at radius 2 is 1.91 bits per heavy atom. The zero-order valence-electron chi connectivity index (χ0n) is 14.3. The van der Waals surface area contributed by atoms with Crippen LogP contribution in [0, 0.1) is 0 Å². The molecule has 23 heavy (non-hydrogen) atoms. The van der Waals surface area contributed by atoms with E-state index in [1.807, 2.05) is 24.3 Å². The van der Waals surface area contributed by atoms with Gasteiger partial charge in [-0.05, 0) is 43.3 Å². The van der Waals surface area contributed by atoms with Crippen molar-refractivity contribution >= 4 is 14.3 Å². The van der Waals surface area contributed by atoms with Crippen LogP contribution in [-0.4, -0.2) is 32.6 Å². The predicted octanol–water partition coefficient (Wildman–Crippen LogP) is 3.47. The molecule has 5 nitrogen and oxygen atoms in total. The summed E-state index contributed by atoms with van der Waals surface area (Å²) >= 11 is 0. The minimum Gasteiger partial charge on any atom is -0.491 e. The molecule has 0 spiro atoms. The number of carbonyl (C=O) groups excluding carboxylic acids is 1. The highest BCUT2D eigenvalue weighted by molar-refractivity contribution is 6.70. The minimum absolute atomic E-state index is 0.00842. The lowest BCUT2D eigenvalue weighted by molar-refractivity contribution is -0.220. The molecule has 0 aliphatic heterocycles. The molecule has 1 aromatic carbocycles. The average molecular weight is 340 g/mol. The fraction of sp³-hybridized carbons (Fsp3) is 0.588. The lowest BCUT2D eigenvalue weighted by atomic mass is 10.1. The van der Waals surface area contributed by atoms with Gasteiger partial charge in [0.15, 0.2) is 0 Å². The van der Waals surface area contributed by atoms with E-state index >= 15 is 0 Å². The standard InChI is InChI=1S/C17H28O5Si/c1-4-5-14-23(2,3)22-21-17(19)11-8-15-6-9-16(10-7-15)20-13-12-18/h6-7,9-10,18H,4-5,8,11-14H2,1-3H3. The van der Waals surface area contributed by atoms with Crippen LogP contribution < -0.4 is 4.74 Å². The van der Waals surface area contributed by atoms with Gasteiger partial charge in [-0.25, -0.2) is 9.37 Å². The third kappa shape index (κ3) is 8.73. The summed E-state index contributed by atoms with van der Waals surface area (Å²) < 4.78 is 10.7. The van der Waals surface area contributed by atoms with Crippen molar-refractivity contribution in [3.63, 3.8) is 0 Å². The number of benzene rings is 1. The number of aryl methyl sites for hydroxylation is 1. The fourth-order valence-electron chi connectivity index (χ4n) is 2.01. The van der Waals surface area contributed by atoms with Gasteiger partial charge in [0.25, 0.3) is 0 Å². The van der Waals surface area contributed by atoms with Crippen molar-refractivity contribution in [2.75, 3.05) is 13.2 Å². The number of hydrogen-bond acceptors (Lipinski definition) is 5. The number of hydrogen-bond donors (Lipinski definition) is 1. The maximum absolute atomic E-state index is 11.8. The zero-order chi connectivity index (χ0) is 17.1. The van der Waals surface area contributed by atoms with Crippen LogP contribution in [0.5, 0.6) is 5.75 Å². The average Bonchev–Trinajstić information content (AvgIpc) is 2.55. The van der Waals surface area contributed by atoms with Gasteiger partial charge in [0.05, 0.1) is 13.0 Å². The Balaban J connectivity index is 2.30. The lowest BCUT2D eigenvalue weighted by Gasteiger charge is -2.19. The van der Waals surface area contributed by atoms with Crippen LogP contribution in [0.3, 0.4) is 0 Å².